The fourth-order valence-electron chi connectivity index (χ4n) is 1.31. The molecule has 2 rings (SSSR count). The van der Waals surface area contributed by atoms with Crippen LogP contribution in [-0.2, 0) is 0 Å². The van der Waals surface area contributed by atoms with Crippen LogP contribution in [0.15, 0.2) is 28.9 Å². The van der Waals surface area contributed by atoms with Crippen molar-refractivity contribution in [1.29, 1.82) is 0 Å². The largest absolute Gasteiger partial charge is 0.255 e. The lowest BCUT2D eigenvalue weighted by Crippen LogP contribution is -1.86. The van der Waals surface area contributed by atoms with Gasteiger partial charge in [-0.15, -0.1) is 0 Å². The number of rotatable bonds is 0. The Morgan fingerprint density at radius 2 is 2.15 bits per heavy atom. The monoisotopic (exact) mass is 347 g/mol. The van der Waals surface area contributed by atoms with Gasteiger partial charge in [-0.3, -0.25) is 4.98 Å². The lowest BCUT2D eigenvalue weighted by molar-refractivity contribution is 1.34. The molecular weight excluding hydrogens is 341 g/mol. The van der Waals surface area contributed by atoms with Gasteiger partial charge in [0.15, 0.2) is 0 Å². The van der Waals surface area contributed by atoms with Gasteiger partial charge in [0.2, 0.25) is 0 Å². The van der Waals surface area contributed by atoms with Crippen LogP contribution in [0.25, 0.3) is 10.9 Å². The average molecular weight is 348 g/mol. The van der Waals surface area contributed by atoms with E-state index in [9.17, 15) is 0 Å². The average Bonchev–Trinajstić information content (AvgIpc) is 2.12. The number of fused-ring (bicyclic) bond motifs is 1. The third-order valence-electron chi connectivity index (χ3n) is 1.99. The maximum Gasteiger partial charge on any atom is 0.0743 e. The van der Waals surface area contributed by atoms with Gasteiger partial charge >= 0.3 is 0 Å². The van der Waals surface area contributed by atoms with Gasteiger partial charge in [-0.1, -0.05) is 18.2 Å². The van der Waals surface area contributed by atoms with E-state index in [2.05, 4.69) is 68.6 Å². The summed E-state index contributed by atoms with van der Waals surface area (Å²) >= 11 is 5.84. The molecule has 0 radical (unpaired) electrons. The highest BCUT2D eigenvalue weighted by atomic mass is 127. The van der Waals surface area contributed by atoms with Crippen LogP contribution in [0.3, 0.4) is 0 Å². The molecular formula is C10H7BrIN. The van der Waals surface area contributed by atoms with Gasteiger partial charge in [-0.2, -0.15) is 0 Å². The Morgan fingerprint density at radius 1 is 1.38 bits per heavy atom. The third-order valence-corrected chi connectivity index (χ3v) is 4.40. The molecule has 1 aromatic heterocycles. The first-order valence-electron chi connectivity index (χ1n) is 3.89. The van der Waals surface area contributed by atoms with Crippen LogP contribution >= 0.6 is 38.5 Å². The quantitative estimate of drug-likeness (QED) is 0.658. The van der Waals surface area contributed by atoms with Crippen molar-refractivity contribution in [3.63, 3.8) is 0 Å². The maximum absolute atomic E-state index is 4.40. The van der Waals surface area contributed by atoms with Gasteiger partial charge in [0, 0.05) is 19.6 Å². The molecule has 0 aliphatic heterocycles. The molecule has 3 heteroatoms. The molecule has 0 saturated carbocycles. The summed E-state index contributed by atoms with van der Waals surface area (Å²) in [5, 5.41) is 1.19. The molecule has 0 N–H and O–H groups in total. The number of benzene rings is 1. The summed E-state index contributed by atoms with van der Waals surface area (Å²) in [6, 6.07) is 6.22. The molecule has 0 atom stereocenters. The van der Waals surface area contributed by atoms with Gasteiger partial charge < -0.3 is 0 Å². The first-order chi connectivity index (χ1) is 6.20. The number of hydrogen-bond donors (Lipinski definition) is 0. The van der Waals surface area contributed by atoms with Crippen LogP contribution in [0.2, 0.25) is 0 Å². The predicted molar refractivity (Wildman–Crippen MR) is 66.9 cm³/mol. The van der Waals surface area contributed by atoms with Crippen molar-refractivity contribution < 1.29 is 0 Å². The minimum Gasteiger partial charge on any atom is -0.255 e. The SMILES string of the molecule is Cc1cccc2c(Br)c(I)cnc12. The fourth-order valence-corrected chi connectivity index (χ4v) is 2.17. The van der Waals surface area contributed by atoms with Crippen molar-refractivity contribution in [2.75, 3.05) is 0 Å². The number of para-hydroxylation sites is 1. The van der Waals surface area contributed by atoms with Gasteiger partial charge in [0.05, 0.1) is 5.52 Å². The highest BCUT2D eigenvalue weighted by Crippen LogP contribution is 2.28. The second-order valence-corrected chi connectivity index (χ2v) is 4.85. The number of aryl methyl sites for hydroxylation is 1. The third kappa shape index (κ3) is 1.59. The normalized spacial score (nSPS) is 10.7. The summed E-state index contributed by atoms with van der Waals surface area (Å²) in [5.74, 6) is 0. The molecule has 66 valence electrons. The highest BCUT2D eigenvalue weighted by molar-refractivity contribution is 14.1. The zero-order valence-corrected chi connectivity index (χ0v) is 10.8. The number of aromatic nitrogens is 1. The molecule has 1 aromatic carbocycles. The van der Waals surface area contributed by atoms with Gasteiger partial charge in [-0.05, 0) is 51.0 Å². The van der Waals surface area contributed by atoms with E-state index in [1.165, 1.54) is 10.9 Å². The zero-order chi connectivity index (χ0) is 9.42. The number of nitrogens with zero attached hydrogens (tertiary/aromatic N) is 1. The second-order valence-electron chi connectivity index (χ2n) is 2.89. The van der Waals surface area contributed by atoms with E-state index in [0.29, 0.717) is 0 Å². The molecule has 1 nitrogen and oxygen atoms in total. The Morgan fingerprint density at radius 3 is 2.92 bits per heavy atom. The van der Waals surface area contributed by atoms with E-state index in [-0.39, 0.29) is 0 Å². The Hall–Kier alpha value is -0.160. The van der Waals surface area contributed by atoms with Crippen LogP contribution in [0.1, 0.15) is 5.56 Å². The first-order valence-corrected chi connectivity index (χ1v) is 5.76. The molecule has 0 bridgehead atoms. The number of pyridine rings is 1. The molecule has 0 saturated heterocycles. The predicted octanol–water partition coefficient (Wildman–Crippen LogP) is 3.91. The van der Waals surface area contributed by atoms with Gasteiger partial charge in [0.1, 0.15) is 0 Å². The Labute approximate surface area is 98.8 Å². The Kier molecular flexibility index (Phi) is 2.55. The lowest BCUT2D eigenvalue weighted by atomic mass is 10.1. The van der Waals surface area contributed by atoms with Crippen molar-refractivity contribution in [3.05, 3.63) is 38.0 Å². The van der Waals surface area contributed by atoms with Crippen molar-refractivity contribution >= 4 is 49.4 Å². The van der Waals surface area contributed by atoms with E-state index in [0.717, 1.165) is 13.6 Å². The molecule has 0 fully saturated rings. The van der Waals surface area contributed by atoms with Gasteiger partial charge in [0.25, 0.3) is 0 Å². The van der Waals surface area contributed by atoms with E-state index < -0.39 is 0 Å². The number of halogens is 2. The van der Waals surface area contributed by atoms with E-state index in [1.54, 1.807) is 0 Å². The van der Waals surface area contributed by atoms with Crippen LogP contribution in [0.5, 0.6) is 0 Å². The number of hydrogen-bond acceptors (Lipinski definition) is 1. The van der Waals surface area contributed by atoms with Crippen LogP contribution in [-0.4, -0.2) is 4.98 Å². The smallest absolute Gasteiger partial charge is 0.0743 e. The Bertz CT molecular complexity index is 468. The standard InChI is InChI=1S/C10H7BrIN/c1-6-3-2-4-7-9(11)8(12)5-13-10(6)7/h2-5H,1H3. The molecule has 0 spiro atoms. The molecule has 0 aliphatic rings. The van der Waals surface area contributed by atoms with Crippen LogP contribution < -0.4 is 0 Å². The zero-order valence-electron chi connectivity index (χ0n) is 7.01. The van der Waals surface area contributed by atoms with Crippen LogP contribution in [0.4, 0.5) is 0 Å². The Balaban J connectivity index is 2.94. The van der Waals surface area contributed by atoms with Crippen molar-refractivity contribution in [2.45, 2.75) is 6.92 Å². The summed E-state index contributed by atoms with van der Waals surface area (Å²) < 4.78 is 2.29. The summed E-state index contributed by atoms with van der Waals surface area (Å²) in [6.07, 6.45) is 1.89. The summed E-state index contributed by atoms with van der Waals surface area (Å²) in [5.41, 5.74) is 2.30. The molecule has 13 heavy (non-hydrogen) atoms. The fraction of sp³-hybridized carbons (Fsp3) is 0.100. The minimum absolute atomic E-state index is 1.08. The minimum atomic E-state index is 1.08. The summed E-state index contributed by atoms with van der Waals surface area (Å²) in [7, 11) is 0. The molecule has 0 aliphatic carbocycles. The van der Waals surface area contributed by atoms with Crippen molar-refractivity contribution in [3.8, 4) is 0 Å². The van der Waals surface area contributed by atoms with E-state index in [4.69, 9.17) is 0 Å². The highest BCUT2D eigenvalue weighted by Gasteiger charge is 2.04. The van der Waals surface area contributed by atoms with Crippen molar-refractivity contribution in [1.82, 2.24) is 4.98 Å². The van der Waals surface area contributed by atoms with Crippen molar-refractivity contribution in [2.24, 2.45) is 0 Å². The molecule has 1 heterocycles. The van der Waals surface area contributed by atoms with Crippen LogP contribution in [0, 0.1) is 10.5 Å². The first kappa shape index (κ1) is 9.40. The lowest BCUT2D eigenvalue weighted by Gasteiger charge is -2.03. The molecule has 0 unspecified atom stereocenters. The maximum atomic E-state index is 4.40. The summed E-state index contributed by atoms with van der Waals surface area (Å²) in [6.45, 7) is 2.08. The van der Waals surface area contributed by atoms with E-state index in [1.807, 2.05) is 6.20 Å². The second kappa shape index (κ2) is 3.53. The molecule has 0 amide bonds. The molecule has 2 aromatic rings. The van der Waals surface area contributed by atoms with E-state index >= 15 is 0 Å². The van der Waals surface area contributed by atoms with Gasteiger partial charge in [-0.25, -0.2) is 0 Å². The summed E-state index contributed by atoms with van der Waals surface area (Å²) in [4.78, 5) is 4.40. The topological polar surface area (TPSA) is 12.9 Å².